The van der Waals surface area contributed by atoms with Crippen molar-refractivity contribution in [2.75, 3.05) is 19.8 Å². The molecule has 2 fully saturated rings. The van der Waals surface area contributed by atoms with Crippen LogP contribution < -0.4 is 15.5 Å². The molecule has 250 valence electrons. The largest absolute Gasteiger partial charge is 0.790 e. The molecule has 5 rings (SSSR count). The fourth-order valence-corrected chi connectivity index (χ4v) is 6.95. The molecule has 3 aliphatic rings. The number of ether oxygens (including phenoxy) is 1. The maximum absolute atomic E-state index is 12.5. The summed E-state index contributed by atoms with van der Waals surface area (Å²) in [7, 11) is -9.69. The van der Waals surface area contributed by atoms with Gasteiger partial charge in [-0.2, -0.15) is 0 Å². The highest BCUT2D eigenvalue weighted by atomic mass is 31.2. The van der Waals surface area contributed by atoms with Crippen molar-refractivity contribution in [2.24, 2.45) is 23.5 Å². The van der Waals surface area contributed by atoms with Gasteiger partial charge in [0.2, 0.25) is 0 Å². The summed E-state index contributed by atoms with van der Waals surface area (Å²) >= 11 is 0. The molecule has 17 heteroatoms. The Labute approximate surface area is 259 Å². The fourth-order valence-electron chi connectivity index (χ4n) is 6.19. The molecule has 2 aromatic carbocycles. The van der Waals surface area contributed by atoms with Gasteiger partial charge in [0, 0.05) is 23.8 Å². The Morgan fingerprint density at radius 2 is 1.24 bits per heavy atom. The number of aliphatic hydroxyl groups excluding tert-OH is 4. The third-order valence-electron chi connectivity index (χ3n) is 8.47. The van der Waals surface area contributed by atoms with Gasteiger partial charge in [-0.05, 0) is 41.0 Å². The van der Waals surface area contributed by atoms with Crippen molar-refractivity contribution in [1.82, 2.24) is 0 Å². The molecule has 2 saturated carbocycles. The van der Waals surface area contributed by atoms with Crippen LogP contribution in [0.3, 0.4) is 0 Å². The molecule has 0 aliphatic heterocycles. The van der Waals surface area contributed by atoms with E-state index < -0.39 is 83.0 Å². The molecular formula is C28H37NO14P2-2. The second kappa shape index (κ2) is 14.8. The first kappa shape index (κ1) is 35.8. The van der Waals surface area contributed by atoms with E-state index in [0.717, 1.165) is 22.3 Å². The number of rotatable bonds is 10. The first-order chi connectivity index (χ1) is 21.1. The summed E-state index contributed by atoms with van der Waals surface area (Å²) in [5.74, 6) is -2.42. The predicted molar refractivity (Wildman–Crippen MR) is 153 cm³/mol. The van der Waals surface area contributed by atoms with Crippen molar-refractivity contribution in [2.45, 2.75) is 55.6 Å². The molecule has 0 saturated heterocycles. The maximum atomic E-state index is 12.5. The molecule has 0 bridgehead atoms. The van der Waals surface area contributed by atoms with Gasteiger partial charge in [0.05, 0.1) is 51.9 Å². The molecule has 15 nitrogen and oxygen atoms in total. The minimum absolute atomic E-state index is 0.0696. The standard InChI is InChI=1S/C22H25O8P.C6H14NO6P/c23-20(10-13-9-14(22(25)21(13)24)11-30-31(26,27)28)29-12-19-17-7-3-1-5-15(17)16-6-2-4-8-18(16)19;7-4-1-3(5(8)6(4)9)2-13-14(10,11)12/h1-8,13-14,19,21-22,24-25H,9-12H2,(H2,26,27,28);3-6,8-9H,1-2,7H2,(H2,10,11,12)/p-2/t13-,14+,21-,22+;3-,4-,5-,6+/m01/s1. The van der Waals surface area contributed by atoms with Crippen molar-refractivity contribution in [3.8, 4) is 11.1 Å². The zero-order valence-corrected chi connectivity index (χ0v) is 25.8. The topological polar surface area (TPSA) is 272 Å². The van der Waals surface area contributed by atoms with E-state index in [1.165, 1.54) is 0 Å². The fraction of sp³-hybridized carbons (Fsp3) is 0.536. The van der Waals surface area contributed by atoms with Gasteiger partial charge in [-0.15, -0.1) is 0 Å². The van der Waals surface area contributed by atoms with E-state index in [9.17, 15) is 44.1 Å². The lowest BCUT2D eigenvalue weighted by molar-refractivity contribution is -0.342. The van der Waals surface area contributed by atoms with Gasteiger partial charge in [0.1, 0.15) is 6.61 Å². The SMILES string of the molecule is N[C@@H]1C[C@H](COP(=O)([O-])[O-])[C@@H](O)[C@H]1O.O=C(C[C@@H]1C[C@H](COP(=O)(O)O)[C@@H](O)[C@H]1O)OCC1c2ccccc2-c2ccccc21. The molecule has 8 atom stereocenters. The molecule has 2 aromatic rings. The molecule has 0 heterocycles. The third-order valence-corrected chi connectivity index (χ3v) is 9.42. The number of carbonyl (C=O) groups excluding carboxylic acids is 1. The van der Waals surface area contributed by atoms with E-state index in [1.807, 2.05) is 48.5 Å². The molecule has 45 heavy (non-hydrogen) atoms. The first-order valence-electron chi connectivity index (χ1n) is 14.2. The van der Waals surface area contributed by atoms with E-state index in [2.05, 4.69) is 9.05 Å². The molecule has 0 radical (unpaired) electrons. The van der Waals surface area contributed by atoms with Gasteiger partial charge in [0.15, 0.2) is 0 Å². The average Bonchev–Trinajstić information content (AvgIpc) is 3.54. The third kappa shape index (κ3) is 9.27. The van der Waals surface area contributed by atoms with Crippen LogP contribution in [0.5, 0.6) is 0 Å². The van der Waals surface area contributed by atoms with Gasteiger partial charge >= 0.3 is 13.8 Å². The minimum Gasteiger partial charge on any atom is -0.790 e. The van der Waals surface area contributed by atoms with Crippen LogP contribution in [0.1, 0.15) is 36.3 Å². The smallest absolute Gasteiger partial charge is 0.469 e. The molecule has 3 aliphatic carbocycles. The molecule has 0 amide bonds. The Morgan fingerprint density at radius 1 is 0.756 bits per heavy atom. The number of hydrogen-bond donors (Lipinski definition) is 7. The first-order valence-corrected chi connectivity index (χ1v) is 17.2. The lowest BCUT2D eigenvalue weighted by atomic mass is 9.98. The summed E-state index contributed by atoms with van der Waals surface area (Å²) in [5, 5.41) is 38.9. The Balaban J connectivity index is 0.000000276. The van der Waals surface area contributed by atoms with Crippen LogP contribution >= 0.6 is 15.6 Å². The average molecular weight is 674 g/mol. The number of carbonyl (C=O) groups is 1. The summed E-state index contributed by atoms with van der Waals surface area (Å²) in [6.45, 7) is -0.664. The molecule has 8 N–H and O–H groups in total. The second-order valence-corrected chi connectivity index (χ2v) is 13.9. The van der Waals surface area contributed by atoms with Crippen molar-refractivity contribution < 1.29 is 67.7 Å². The van der Waals surface area contributed by atoms with Crippen LogP contribution in [0.15, 0.2) is 48.5 Å². The zero-order chi connectivity index (χ0) is 33.1. The number of esters is 1. The van der Waals surface area contributed by atoms with Gasteiger partial charge in [-0.3, -0.25) is 9.32 Å². The van der Waals surface area contributed by atoms with Crippen LogP contribution in [0.4, 0.5) is 0 Å². The molecule has 0 aromatic heterocycles. The zero-order valence-electron chi connectivity index (χ0n) is 24.0. The number of benzene rings is 2. The van der Waals surface area contributed by atoms with Gasteiger partial charge in [-0.1, -0.05) is 48.5 Å². The predicted octanol–water partition coefficient (Wildman–Crippen LogP) is -0.900. The van der Waals surface area contributed by atoms with Gasteiger partial charge < -0.3 is 59.6 Å². The maximum Gasteiger partial charge on any atom is 0.469 e. The van der Waals surface area contributed by atoms with E-state index in [-0.39, 0.29) is 31.8 Å². The Kier molecular flexibility index (Phi) is 11.8. The Hall–Kier alpha value is -2.07. The molecule has 0 unspecified atom stereocenters. The molecule has 0 spiro atoms. The second-order valence-electron chi connectivity index (χ2n) is 11.5. The van der Waals surface area contributed by atoms with E-state index in [0.29, 0.717) is 0 Å². The van der Waals surface area contributed by atoms with Crippen LogP contribution in [-0.4, -0.2) is 86.5 Å². The van der Waals surface area contributed by atoms with Crippen LogP contribution in [0, 0.1) is 17.8 Å². The van der Waals surface area contributed by atoms with Crippen molar-refractivity contribution >= 4 is 21.6 Å². The number of hydrogen-bond acceptors (Lipinski definition) is 13. The van der Waals surface area contributed by atoms with Crippen LogP contribution in [0.25, 0.3) is 11.1 Å². The Morgan fingerprint density at radius 3 is 1.76 bits per heavy atom. The van der Waals surface area contributed by atoms with Crippen LogP contribution in [-0.2, 0) is 27.7 Å². The molecular weight excluding hydrogens is 636 g/mol. The lowest BCUT2D eigenvalue weighted by Gasteiger charge is -2.30. The lowest BCUT2D eigenvalue weighted by Crippen LogP contribution is -2.36. The number of phosphoric ester groups is 2. The Bertz CT molecular complexity index is 1370. The number of aliphatic hydroxyl groups is 4. The summed E-state index contributed by atoms with van der Waals surface area (Å²) in [6, 6.07) is 15.4. The van der Waals surface area contributed by atoms with Crippen molar-refractivity contribution in [3.05, 3.63) is 59.7 Å². The van der Waals surface area contributed by atoms with Crippen molar-refractivity contribution in [3.63, 3.8) is 0 Å². The monoisotopic (exact) mass is 673 g/mol. The van der Waals surface area contributed by atoms with E-state index in [1.54, 1.807) is 0 Å². The summed E-state index contributed by atoms with van der Waals surface area (Å²) in [5.41, 5.74) is 9.86. The highest BCUT2D eigenvalue weighted by molar-refractivity contribution is 7.46. The highest BCUT2D eigenvalue weighted by Gasteiger charge is 2.43. The number of fused-ring (bicyclic) bond motifs is 3. The van der Waals surface area contributed by atoms with E-state index in [4.69, 9.17) is 20.3 Å². The summed E-state index contributed by atoms with van der Waals surface area (Å²) in [4.78, 5) is 50.4. The van der Waals surface area contributed by atoms with Crippen molar-refractivity contribution in [1.29, 1.82) is 0 Å². The quantitative estimate of drug-likeness (QED) is 0.119. The van der Waals surface area contributed by atoms with Gasteiger partial charge in [-0.25, -0.2) is 4.57 Å². The minimum atomic E-state index is -5.02. The summed E-state index contributed by atoms with van der Waals surface area (Å²) < 4.78 is 35.0. The number of nitrogens with two attached hydrogens (primary N) is 1. The number of phosphoric acid groups is 2. The normalized spacial score (nSPS) is 29.5. The van der Waals surface area contributed by atoms with Gasteiger partial charge in [0.25, 0.3) is 0 Å². The highest BCUT2D eigenvalue weighted by Crippen LogP contribution is 2.45. The summed E-state index contributed by atoms with van der Waals surface area (Å²) in [6.07, 6.45) is -4.32. The van der Waals surface area contributed by atoms with E-state index >= 15 is 0 Å². The van der Waals surface area contributed by atoms with Crippen LogP contribution in [0.2, 0.25) is 0 Å².